The molecule has 326 valence electrons. The third-order valence-corrected chi connectivity index (χ3v) is 8.91. The molecule has 0 aliphatic heterocycles. The van der Waals surface area contributed by atoms with E-state index in [1.165, 1.54) is 42.5 Å². The number of benzene rings is 2. The Kier molecular flexibility index (Phi) is 20.0. The smallest absolute Gasteiger partial charge is 0.363 e. The van der Waals surface area contributed by atoms with Crippen LogP contribution in [0.25, 0.3) is 11.3 Å². The Morgan fingerprint density at radius 1 is 0.867 bits per heavy atom. The van der Waals surface area contributed by atoms with Crippen molar-refractivity contribution in [2.45, 2.75) is 71.4 Å². The van der Waals surface area contributed by atoms with Gasteiger partial charge in [-0.2, -0.15) is 5.06 Å². The van der Waals surface area contributed by atoms with Crippen molar-refractivity contribution < 1.29 is 72.3 Å². The Balaban J connectivity index is 1.65. The summed E-state index contributed by atoms with van der Waals surface area (Å²) in [7, 11) is 0. The number of aliphatic hydroxyl groups is 1. The summed E-state index contributed by atoms with van der Waals surface area (Å²) >= 11 is 0. The minimum Gasteiger partial charge on any atom is -0.493 e. The van der Waals surface area contributed by atoms with E-state index in [4.69, 9.17) is 33.7 Å². The highest BCUT2D eigenvalue weighted by Gasteiger charge is 2.34. The summed E-state index contributed by atoms with van der Waals surface area (Å²) in [6.45, 7) is 5.82. The van der Waals surface area contributed by atoms with E-state index < -0.39 is 60.1 Å². The van der Waals surface area contributed by atoms with Crippen molar-refractivity contribution in [1.82, 2.24) is 21.0 Å². The zero-order valence-corrected chi connectivity index (χ0v) is 33.7. The van der Waals surface area contributed by atoms with Crippen molar-refractivity contribution in [2.24, 2.45) is 5.92 Å². The largest absolute Gasteiger partial charge is 0.493 e. The maximum atomic E-state index is 13.6. The topological polar surface area (TPSA) is 270 Å². The number of ether oxygens (including phenoxy) is 3. The molecule has 0 saturated heterocycles. The lowest BCUT2D eigenvalue weighted by molar-refractivity contribution is -0.171. The molecule has 0 spiro atoms. The van der Waals surface area contributed by atoms with Gasteiger partial charge in [-0.3, -0.25) is 24.0 Å². The number of hydrogen-bond acceptors (Lipinski definition) is 13. The number of nitrogens with zero attached hydrogens (tertiary/aromatic N) is 1. The monoisotopic (exact) mass is 840 g/mol. The van der Waals surface area contributed by atoms with Crippen LogP contribution in [0.4, 0.5) is 0 Å². The van der Waals surface area contributed by atoms with Crippen molar-refractivity contribution in [2.75, 3.05) is 39.7 Å². The molecule has 2 aromatic carbocycles. The Morgan fingerprint density at radius 2 is 1.62 bits per heavy atom. The third-order valence-electron chi connectivity index (χ3n) is 8.91. The molecule has 4 amide bonds. The summed E-state index contributed by atoms with van der Waals surface area (Å²) in [4.78, 5) is 92.9. The van der Waals surface area contributed by atoms with E-state index in [2.05, 4.69) is 16.0 Å². The summed E-state index contributed by atoms with van der Waals surface area (Å²) in [5.41, 5.74) is 0.475. The molecule has 0 saturated carbocycles. The molecule has 0 radical (unpaired) electrons. The Labute approximate surface area is 346 Å². The molecule has 0 fully saturated rings. The molecule has 0 bridgehead atoms. The number of hydroxylamine groups is 2. The number of carboxylic acids is 2. The first kappa shape index (κ1) is 47.9. The number of rotatable bonds is 28. The van der Waals surface area contributed by atoms with Gasteiger partial charge in [-0.15, -0.1) is 0 Å². The minimum atomic E-state index is -1.68. The van der Waals surface area contributed by atoms with Crippen LogP contribution in [0, 0.1) is 5.92 Å². The maximum absolute atomic E-state index is 13.6. The van der Waals surface area contributed by atoms with Crippen LogP contribution in [0.1, 0.15) is 90.6 Å². The van der Waals surface area contributed by atoms with Gasteiger partial charge in [0.25, 0.3) is 11.8 Å². The highest BCUT2D eigenvalue weighted by molar-refractivity contribution is 6.00. The predicted octanol–water partition coefficient (Wildman–Crippen LogP) is 3.40. The van der Waals surface area contributed by atoms with Gasteiger partial charge < -0.3 is 54.7 Å². The number of unbranched alkanes of at least 4 members (excludes halogenated alkanes) is 2. The Morgan fingerprint density at radius 3 is 2.25 bits per heavy atom. The van der Waals surface area contributed by atoms with Crippen LogP contribution >= 0.6 is 0 Å². The normalized spacial score (nSPS) is 12.3. The van der Waals surface area contributed by atoms with Gasteiger partial charge in [-0.1, -0.05) is 39.2 Å². The third kappa shape index (κ3) is 14.7. The number of aliphatic hydroxyl groups excluding tert-OH is 1. The Hall–Kier alpha value is -6.47. The fraction of sp³-hybridized carbons (Fsp3) is 0.439. The number of carboxylic acid groups (broad SMARTS) is 2. The summed E-state index contributed by atoms with van der Waals surface area (Å²) in [5.74, 6) is -6.00. The molecule has 19 heteroatoms. The van der Waals surface area contributed by atoms with Crippen molar-refractivity contribution in [3.8, 4) is 22.8 Å². The highest BCUT2D eigenvalue weighted by atomic mass is 16.7. The zero-order valence-electron chi connectivity index (χ0n) is 33.7. The van der Waals surface area contributed by atoms with E-state index in [1.807, 2.05) is 6.92 Å². The molecule has 1 heterocycles. The summed E-state index contributed by atoms with van der Waals surface area (Å²) in [6, 6.07) is 10.7. The van der Waals surface area contributed by atoms with Gasteiger partial charge in [0.15, 0.2) is 5.76 Å². The molecule has 3 atom stereocenters. The number of aliphatic carboxylic acids is 2. The zero-order chi connectivity index (χ0) is 44.0. The molecule has 3 rings (SSSR count). The molecule has 0 aliphatic carbocycles. The van der Waals surface area contributed by atoms with Gasteiger partial charge in [-0.05, 0) is 68.3 Å². The van der Waals surface area contributed by atoms with E-state index in [0.29, 0.717) is 30.6 Å². The van der Waals surface area contributed by atoms with Crippen molar-refractivity contribution in [3.05, 3.63) is 71.5 Å². The van der Waals surface area contributed by atoms with Crippen LogP contribution in [0.3, 0.4) is 0 Å². The number of carbonyl (C=O) groups excluding carboxylic acids is 5. The Bertz CT molecular complexity index is 1900. The van der Waals surface area contributed by atoms with Crippen LogP contribution in [-0.2, 0) is 28.8 Å². The molecular weight excluding hydrogens is 788 g/mol. The minimum absolute atomic E-state index is 0.0525. The summed E-state index contributed by atoms with van der Waals surface area (Å²) in [6.07, 6.45) is 2.44. The lowest BCUT2D eigenvalue weighted by Gasteiger charge is -2.31. The second-order valence-corrected chi connectivity index (χ2v) is 13.1. The van der Waals surface area contributed by atoms with Crippen LogP contribution in [-0.4, -0.2) is 114 Å². The number of amides is 4. The van der Waals surface area contributed by atoms with E-state index >= 15 is 0 Å². The predicted molar refractivity (Wildman–Crippen MR) is 212 cm³/mol. The first-order chi connectivity index (χ1) is 28.9. The van der Waals surface area contributed by atoms with Crippen LogP contribution < -0.4 is 25.4 Å². The van der Waals surface area contributed by atoms with E-state index in [0.717, 1.165) is 17.9 Å². The number of carbonyl (C=O) groups is 7. The number of hydrogen-bond donors (Lipinski definition) is 6. The second-order valence-electron chi connectivity index (χ2n) is 13.1. The fourth-order valence-corrected chi connectivity index (χ4v) is 5.94. The molecule has 60 heavy (non-hydrogen) atoms. The van der Waals surface area contributed by atoms with Gasteiger partial charge in [0.1, 0.15) is 29.9 Å². The van der Waals surface area contributed by atoms with Gasteiger partial charge in [0, 0.05) is 5.56 Å². The van der Waals surface area contributed by atoms with E-state index in [9.17, 15) is 38.7 Å². The van der Waals surface area contributed by atoms with E-state index in [-0.39, 0.29) is 74.5 Å². The van der Waals surface area contributed by atoms with Crippen molar-refractivity contribution in [3.63, 3.8) is 0 Å². The van der Waals surface area contributed by atoms with Gasteiger partial charge in [-0.25, -0.2) is 9.59 Å². The standard InChI is InChI=1S/C41H52N4O15/c1-4-7-8-9-29(32(5-2)45(25-47)60-41(55)26-10-13-28(14-11-26)58-21-20-56-19-18-46)37(50)42-24-43-39(52)34-17-16-33(59-34)27-12-15-30(35(22-27)57-6-3)38(51)44-31(40(53)54)23-36(48)49/h10-17,22,25,29,31-32,46H,4-9,18-21,23-24H2,1-3H3,(H,42,50)(H,43,52)(H,44,51)(H,48,49)(H,53,54)/t29?,31?,32-/m1/s1. The maximum Gasteiger partial charge on any atom is 0.363 e. The highest BCUT2D eigenvalue weighted by Crippen LogP contribution is 2.29. The molecule has 3 aromatic rings. The lowest BCUT2D eigenvalue weighted by atomic mass is 9.90. The van der Waals surface area contributed by atoms with E-state index in [1.54, 1.807) is 26.0 Å². The average Bonchev–Trinajstić information content (AvgIpc) is 3.73. The molecule has 1 aromatic heterocycles. The fourth-order valence-electron chi connectivity index (χ4n) is 5.94. The van der Waals surface area contributed by atoms with Crippen LogP contribution in [0.5, 0.6) is 11.5 Å². The molecular formula is C41H52N4O15. The number of nitrogens with one attached hydrogen (secondary N) is 3. The molecule has 19 nitrogen and oxygen atoms in total. The van der Waals surface area contributed by atoms with Gasteiger partial charge in [0.05, 0.1) is 62.6 Å². The second kappa shape index (κ2) is 25.1. The van der Waals surface area contributed by atoms with Crippen LogP contribution in [0.15, 0.2) is 59.0 Å². The first-order valence-corrected chi connectivity index (χ1v) is 19.4. The lowest BCUT2D eigenvalue weighted by Crippen LogP contribution is -2.49. The summed E-state index contributed by atoms with van der Waals surface area (Å²) < 4.78 is 22.0. The van der Waals surface area contributed by atoms with Gasteiger partial charge in [0.2, 0.25) is 12.3 Å². The average molecular weight is 841 g/mol. The van der Waals surface area contributed by atoms with Crippen molar-refractivity contribution >= 4 is 42.0 Å². The van der Waals surface area contributed by atoms with Crippen LogP contribution in [0.2, 0.25) is 0 Å². The molecule has 2 unspecified atom stereocenters. The van der Waals surface area contributed by atoms with Gasteiger partial charge >= 0.3 is 17.9 Å². The number of furan rings is 1. The molecule has 6 N–H and O–H groups in total. The summed E-state index contributed by atoms with van der Waals surface area (Å²) in [5, 5.41) is 35.4. The molecule has 0 aliphatic rings. The first-order valence-electron chi connectivity index (χ1n) is 19.4. The quantitative estimate of drug-likeness (QED) is 0.0265. The SMILES string of the molecule is CCCCCC(C(=O)NCNC(=O)c1ccc(-c2ccc(C(=O)NC(CC(=O)O)C(=O)O)c(OCC)c2)o1)[C@@H](CC)N(C=O)OC(=O)c1ccc(OCCOCCO)cc1. The van der Waals surface area contributed by atoms with Crippen molar-refractivity contribution in [1.29, 1.82) is 0 Å².